The van der Waals surface area contributed by atoms with E-state index in [4.69, 9.17) is 15.2 Å². The molecule has 1 fully saturated rings. The fourth-order valence-electron chi connectivity index (χ4n) is 3.48. The summed E-state index contributed by atoms with van der Waals surface area (Å²) >= 11 is 0. The average molecular weight is 363 g/mol. The molecule has 3 rings (SSSR count). The molecule has 1 heterocycles. The van der Waals surface area contributed by atoms with Crippen LogP contribution < -0.4 is 20.7 Å². The van der Waals surface area contributed by atoms with Gasteiger partial charge < -0.3 is 20.5 Å². The van der Waals surface area contributed by atoms with Crippen molar-refractivity contribution in [1.82, 2.24) is 5.32 Å². The third-order valence-corrected chi connectivity index (χ3v) is 5.11. The smallest absolute Gasteiger partial charge is 0.414 e. The molecule has 1 amide bonds. The van der Waals surface area contributed by atoms with E-state index in [1.54, 1.807) is 13.2 Å². The van der Waals surface area contributed by atoms with E-state index < -0.39 is 11.9 Å². The molecule has 0 saturated heterocycles. The average Bonchev–Trinajstić information content (AvgIpc) is 2.58. The van der Waals surface area contributed by atoms with Gasteiger partial charge in [0, 0.05) is 30.4 Å². The number of carbonyl (C=O) groups excluding carboxylic acids is 1. The molecule has 142 valence electrons. The summed E-state index contributed by atoms with van der Waals surface area (Å²) in [5.74, 6) is 0.0799. The highest BCUT2D eigenvalue weighted by atomic mass is 19.1. The molecule has 1 aromatic carbocycles. The van der Waals surface area contributed by atoms with Gasteiger partial charge in [-0.25, -0.2) is 9.18 Å². The van der Waals surface area contributed by atoms with Gasteiger partial charge in [-0.15, -0.1) is 0 Å². The number of anilines is 1. The summed E-state index contributed by atoms with van der Waals surface area (Å²) in [5, 5.41) is 2.87. The maximum absolute atomic E-state index is 15.1. The Kier molecular flexibility index (Phi) is 5.25. The van der Waals surface area contributed by atoms with Gasteiger partial charge in [0.05, 0.1) is 24.6 Å². The lowest BCUT2D eigenvalue weighted by Crippen LogP contribution is -2.43. The Hall–Kier alpha value is -2.44. The summed E-state index contributed by atoms with van der Waals surface area (Å²) in [4.78, 5) is 13.6. The zero-order chi connectivity index (χ0) is 18.8. The first-order valence-corrected chi connectivity index (χ1v) is 9.00. The second-order valence-corrected chi connectivity index (χ2v) is 6.85. The lowest BCUT2D eigenvalue weighted by Gasteiger charge is -2.37. The van der Waals surface area contributed by atoms with E-state index in [1.165, 1.54) is 18.1 Å². The van der Waals surface area contributed by atoms with Gasteiger partial charge in [0.1, 0.15) is 11.6 Å². The minimum Gasteiger partial charge on any atom is -0.489 e. The molecule has 1 saturated carbocycles. The van der Waals surface area contributed by atoms with Gasteiger partial charge in [-0.1, -0.05) is 0 Å². The Balaban J connectivity index is 2.17. The summed E-state index contributed by atoms with van der Waals surface area (Å²) in [6, 6.07) is 1.20. The molecule has 0 bridgehead atoms. The molecule has 1 aromatic rings. The monoisotopic (exact) mass is 363 g/mol. The van der Waals surface area contributed by atoms with Gasteiger partial charge in [0.15, 0.2) is 0 Å². The number of fused-ring (bicyclic) bond motifs is 1. The minimum absolute atomic E-state index is 0.108. The Morgan fingerprint density at radius 1 is 1.42 bits per heavy atom. The Bertz CT molecular complexity index is 731. The number of benzene rings is 1. The van der Waals surface area contributed by atoms with E-state index in [2.05, 4.69) is 5.32 Å². The van der Waals surface area contributed by atoms with Gasteiger partial charge in [-0.05, 0) is 45.1 Å². The van der Waals surface area contributed by atoms with Crippen molar-refractivity contribution in [3.8, 4) is 5.75 Å². The fraction of sp³-hybridized carbons (Fsp3) is 0.526. The maximum Gasteiger partial charge on any atom is 0.414 e. The van der Waals surface area contributed by atoms with Crippen LogP contribution in [0, 0.1) is 5.82 Å². The van der Waals surface area contributed by atoms with E-state index in [0.29, 0.717) is 35.4 Å². The van der Waals surface area contributed by atoms with Crippen LogP contribution in [0.25, 0.3) is 5.70 Å². The van der Waals surface area contributed by atoms with Crippen molar-refractivity contribution in [2.24, 2.45) is 5.73 Å². The predicted octanol–water partition coefficient (Wildman–Crippen LogP) is 3.14. The van der Waals surface area contributed by atoms with E-state index in [0.717, 1.165) is 19.3 Å². The van der Waals surface area contributed by atoms with Crippen LogP contribution in [0.5, 0.6) is 5.75 Å². The number of nitrogens with one attached hydrogen (secondary N) is 1. The van der Waals surface area contributed by atoms with Crippen molar-refractivity contribution in [2.75, 3.05) is 19.1 Å². The van der Waals surface area contributed by atoms with Crippen LogP contribution >= 0.6 is 0 Å². The Morgan fingerprint density at radius 3 is 2.73 bits per heavy atom. The summed E-state index contributed by atoms with van der Waals surface area (Å²) in [7, 11) is 3.03. The molecule has 0 radical (unpaired) electrons. The largest absolute Gasteiger partial charge is 0.489 e. The molecule has 1 atom stereocenters. The van der Waals surface area contributed by atoms with E-state index in [9.17, 15) is 4.79 Å². The number of ether oxygens (including phenoxy) is 2. The fourth-order valence-corrected chi connectivity index (χ4v) is 3.48. The molecular weight excluding hydrogens is 337 g/mol. The number of carbonyl (C=O) groups is 1. The molecule has 0 aromatic heterocycles. The van der Waals surface area contributed by atoms with Gasteiger partial charge in [0.2, 0.25) is 0 Å². The first-order valence-electron chi connectivity index (χ1n) is 9.00. The van der Waals surface area contributed by atoms with E-state index in [1.807, 2.05) is 6.92 Å². The molecule has 7 heteroatoms. The number of hydrogen-bond acceptors (Lipinski definition) is 5. The SMILES string of the molecule is CN/C=C(\N)c1cc(F)c2c(c1OC1CCC1)CCC(C)N2C(=O)OC. The second kappa shape index (κ2) is 7.43. The van der Waals surface area contributed by atoms with Crippen molar-refractivity contribution in [3.63, 3.8) is 0 Å². The molecule has 1 aliphatic heterocycles. The van der Waals surface area contributed by atoms with Crippen molar-refractivity contribution >= 4 is 17.5 Å². The first kappa shape index (κ1) is 18.4. The van der Waals surface area contributed by atoms with Crippen molar-refractivity contribution in [2.45, 2.75) is 51.2 Å². The van der Waals surface area contributed by atoms with Gasteiger partial charge in [-0.2, -0.15) is 0 Å². The van der Waals surface area contributed by atoms with Crippen LogP contribution in [-0.2, 0) is 11.2 Å². The van der Waals surface area contributed by atoms with E-state index >= 15 is 4.39 Å². The third-order valence-electron chi connectivity index (χ3n) is 5.11. The zero-order valence-corrected chi connectivity index (χ0v) is 15.5. The van der Waals surface area contributed by atoms with Gasteiger partial charge >= 0.3 is 6.09 Å². The number of rotatable bonds is 4. The standard InChI is InChI=1S/C19H26FN3O3/c1-11-7-8-13-17(23(11)19(24)25-3)15(20)9-14(16(21)10-22-2)18(13)26-12-5-4-6-12/h9-12,22H,4-8,21H2,1-3H3/b16-10-. The topological polar surface area (TPSA) is 76.8 Å². The van der Waals surface area contributed by atoms with Crippen LogP contribution in [0.3, 0.4) is 0 Å². The number of nitrogens with zero attached hydrogens (tertiary/aromatic N) is 1. The first-order chi connectivity index (χ1) is 12.5. The number of hydrogen-bond donors (Lipinski definition) is 2. The quantitative estimate of drug-likeness (QED) is 0.859. The second-order valence-electron chi connectivity index (χ2n) is 6.85. The number of halogens is 1. The molecule has 1 unspecified atom stereocenters. The van der Waals surface area contributed by atoms with Crippen LogP contribution in [0.1, 0.15) is 43.7 Å². The molecule has 0 spiro atoms. The van der Waals surface area contributed by atoms with Crippen molar-refractivity contribution in [1.29, 1.82) is 0 Å². The highest BCUT2D eigenvalue weighted by Crippen LogP contribution is 2.44. The summed E-state index contributed by atoms with van der Waals surface area (Å²) < 4.78 is 26.1. The van der Waals surface area contributed by atoms with E-state index in [-0.39, 0.29) is 17.8 Å². The van der Waals surface area contributed by atoms with Crippen molar-refractivity contribution < 1.29 is 18.7 Å². The highest BCUT2D eigenvalue weighted by Gasteiger charge is 2.36. The minimum atomic E-state index is -0.571. The predicted molar refractivity (Wildman–Crippen MR) is 98.6 cm³/mol. The third kappa shape index (κ3) is 3.18. The zero-order valence-electron chi connectivity index (χ0n) is 15.5. The molecule has 6 nitrogen and oxygen atoms in total. The number of nitrogens with two attached hydrogens (primary N) is 1. The molecule has 1 aliphatic carbocycles. The van der Waals surface area contributed by atoms with Crippen LogP contribution in [0.15, 0.2) is 12.3 Å². The lowest BCUT2D eigenvalue weighted by molar-refractivity contribution is 0.118. The lowest BCUT2D eigenvalue weighted by atomic mass is 9.91. The summed E-state index contributed by atoms with van der Waals surface area (Å²) in [6.07, 6.45) is 5.52. The van der Waals surface area contributed by atoms with Crippen molar-refractivity contribution in [3.05, 3.63) is 29.2 Å². The number of amides is 1. The molecule has 26 heavy (non-hydrogen) atoms. The maximum atomic E-state index is 15.1. The Morgan fingerprint density at radius 2 is 2.15 bits per heavy atom. The molecule has 3 N–H and O–H groups in total. The van der Waals surface area contributed by atoms with Gasteiger partial charge in [0.25, 0.3) is 0 Å². The number of methoxy groups -OCH3 is 1. The van der Waals surface area contributed by atoms with Crippen LogP contribution in [-0.4, -0.2) is 32.4 Å². The summed E-state index contributed by atoms with van der Waals surface area (Å²) in [5.41, 5.74) is 7.97. The highest BCUT2D eigenvalue weighted by molar-refractivity contribution is 5.92. The summed E-state index contributed by atoms with van der Waals surface area (Å²) in [6.45, 7) is 1.88. The normalized spacial score (nSPS) is 20.2. The Labute approximate surface area is 153 Å². The molecular formula is C19H26FN3O3. The van der Waals surface area contributed by atoms with Gasteiger partial charge in [-0.3, -0.25) is 4.90 Å². The van der Waals surface area contributed by atoms with Crippen LogP contribution in [0.4, 0.5) is 14.9 Å². The molecule has 2 aliphatic rings. The van der Waals surface area contributed by atoms with Crippen LogP contribution in [0.2, 0.25) is 0 Å².